The molecule has 3 rings (SSSR count). The molecule has 1 saturated carbocycles. The van der Waals surface area contributed by atoms with Gasteiger partial charge in [-0.2, -0.15) is 0 Å². The van der Waals surface area contributed by atoms with Gasteiger partial charge in [0.15, 0.2) is 0 Å². The number of benzene rings is 1. The van der Waals surface area contributed by atoms with Crippen LogP contribution in [0.15, 0.2) is 30.3 Å². The van der Waals surface area contributed by atoms with Crippen molar-refractivity contribution < 1.29 is 59.6 Å². The summed E-state index contributed by atoms with van der Waals surface area (Å²) in [6.45, 7) is 3.93. The van der Waals surface area contributed by atoms with E-state index in [1.54, 1.807) is 20.8 Å². The SMILES string of the molecule is CO[C@H]1C[C@]2(COC(C)=O)O[CH-][C@@H]1[C@@H]2OC.[NH-]COCc1ccccc1.[U]. The van der Waals surface area contributed by atoms with E-state index in [9.17, 15) is 4.79 Å². The van der Waals surface area contributed by atoms with E-state index in [2.05, 4.69) is 0 Å². The number of hydrogen-bond donors (Lipinski definition) is 0. The molecule has 1 aromatic carbocycles. The molecule has 7 nitrogen and oxygen atoms in total. The summed E-state index contributed by atoms with van der Waals surface area (Å²) in [6.07, 6.45) is 0.669. The predicted molar refractivity (Wildman–Crippen MR) is 94.9 cm³/mol. The summed E-state index contributed by atoms with van der Waals surface area (Å²) in [5.74, 6) is -0.192. The van der Waals surface area contributed by atoms with Gasteiger partial charge in [-0.3, -0.25) is 4.79 Å². The number of fused-ring (bicyclic) bond motifs is 2. The van der Waals surface area contributed by atoms with Gasteiger partial charge in [-0.05, 0) is 12.3 Å². The van der Waals surface area contributed by atoms with E-state index < -0.39 is 5.60 Å². The Morgan fingerprint density at radius 3 is 2.56 bits per heavy atom. The normalized spacial score (nSPS) is 28.1. The molecule has 1 aliphatic heterocycles. The zero-order chi connectivity index (χ0) is 19.0. The van der Waals surface area contributed by atoms with E-state index in [1.807, 2.05) is 30.3 Å². The van der Waals surface area contributed by atoms with Crippen LogP contribution in [-0.2, 0) is 35.1 Å². The summed E-state index contributed by atoms with van der Waals surface area (Å²) >= 11 is 0. The van der Waals surface area contributed by atoms with Crippen molar-refractivity contribution in [2.75, 3.05) is 27.6 Å². The van der Waals surface area contributed by atoms with Gasteiger partial charge in [0.1, 0.15) is 6.61 Å². The van der Waals surface area contributed by atoms with E-state index in [4.69, 9.17) is 29.4 Å². The summed E-state index contributed by atoms with van der Waals surface area (Å²) in [4.78, 5) is 10.9. The van der Waals surface area contributed by atoms with Crippen molar-refractivity contribution >= 4 is 5.97 Å². The molecule has 27 heavy (non-hydrogen) atoms. The van der Waals surface area contributed by atoms with Crippen molar-refractivity contribution in [3.8, 4) is 0 Å². The van der Waals surface area contributed by atoms with E-state index >= 15 is 0 Å². The van der Waals surface area contributed by atoms with Gasteiger partial charge in [0.05, 0.1) is 18.3 Å². The monoisotopic (exact) mass is 603 g/mol. The molecule has 0 amide bonds. The zero-order valence-electron chi connectivity index (χ0n) is 16.0. The molecular weight excluding hydrogens is 576 g/mol. The van der Waals surface area contributed by atoms with Gasteiger partial charge in [0.2, 0.25) is 0 Å². The van der Waals surface area contributed by atoms with Crippen LogP contribution in [0.4, 0.5) is 0 Å². The third kappa shape index (κ3) is 6.54. The summed E-state index contributed by atoms with van der Waals surface area (Å²) in [7, 11) is 3.31. The summed E-state index contributed by atoms with van der Waals surface area (Å²) < 4.78 is 26.4. The Hall–Kier alpha value is -0.458. The third-order valence-electron chi connectivity index (χ3n) is 4.59. The number of carbonyl (C=O) groups excluding carboxylic acids is 1. The second-order valence-electron chi connectivity index (χ2n) is 6.29. The molecule has 1 saturated heterocycles. The van der Waals surface area contributed by atoms with Crippen molar-refractivity contribution in [3.05, 3.63) is 48.2 Å². The van der Waals surface area contributed by atoms with E-state index in [1.165, 1.54) is 6.92 Å². The number of methoxy groups -OCH3 is 2. The molecule has 1 N–H and O–H groups in total. The number of rotatable bonds is 7. The summed E-state index contributed by atoms with van der Waals surface area (Å²) in [6, 6.07) is 9.85. The van der Waals surface area contributed by atoms with E-state index in [0.717, 1.165) is 5.56 Å². The minimum absolute atomic E-state index is 0. The van der Waals surface area contributed by atoms with Crippen LogP contribution in [0, 0.1) is 43.6 Å². The van der Waals surface area contributed by atoms with Crippen LogP contribution in [0.25, 0.3) is 5.73 Å². The molecule has 4 atom stereocenters. The van der Waals surface area contributed by atoms with E-state index in [-0.39, 0.29) is 68.5 Å². The second kappa shape index (κ2) is 12.2. The Labute approximate surface area is 184 Å². The Kier molecular flexibility index (Phi) is 11.1. The quantitative estimate of drug-likeness (QED) is 0.352. The standard InChI is InChI=1S/C11H17O5.C8H10NO.U/c1-7(12)15-6-11-4-9(13-2)8(5-16-11)10(11)14-3;9-7-10-6-8-4-2-1-3-5-8;/h5,8-10H,4,6H2,1-3H3;1-5,9H,6-7H2;/q2*-1;/t8-,9-,10-,11+;;/m0../s1. The number of hydrogen-bond acceptors (Lipinski definition) is 6. The largest absolute Gasteiger partial charge is 0.655 e. The maximum absolute atomic E-state index is 10.9. The number of nitrogens with one attached hydrogen (secondary N) is 1. The summed E-state index contributed by atoms with van der Waals surface area (Å²) in [5.41, 5.74) is 7.29. The fourth-order valence-electron chi connectivity index (χ4n) is 3.38. The first-order chi connectivity index (χ1) is 12.6. The second-order valence-corrected chi connectivity index (χ2v) is 6.29. The van der Waals surface area contributed by atoms with Gasteiger partial charge in [0, 0.05) is 64.8 Å². The van der Waals surface area contributed by atoms with Crippen molar-refractivity contribution in [1.29, 1.82) is 0 Å². The molecule has 0 spiro atoms. The van der Waals surface area contributed by atoms with Gasteiger partial charge < -0.3 is 29.4 Å². The number of esters is 1. The fourth-order valence-corrected chi connectivity index (χ4v) is 3.38. The number of carbonyl (C=O) groups is 1. The van der Waals surface area contributed by atoms with Crippen molar-refractivity contribution in [2.24, 2.45) is 5.92 Å². The molecule has 1 aromatic rings. The topological polar surface area (TPSA) is 87.0 Å². The number of ether oxygens (including phenoxy) is 5. The van der Waals surface area contributed by atoms with Gasteiger partial charge in [-0.1, -0.05) is 36.2 Å². The van der Waals surface area contributed by atoms with E-state index in [0.29, 0.717) is 13.0 Å². The molecule has 0 unspecified atom stereocenters. The van der Waals surface area contributed by atoms with Crippen LogP contribution >= 0.6 is 0 Å². The summed E-state index contributed by atoms with van der Waals surface area (Å²) in [5, 5.41) is 0. The van der Waals surface area contributed by atoms with Crippen LogP contribution in [0.2, 0.25) is 0 Å². The Balaban J connectivity index is 0.000000288. The first kappa shape index (κ1) is 24.6. The molecule has 2 bridgehead atoms. The van der Waals surface area contributed by atoms with Crippen molar-refractivity contribution in [2.45, 2.75) is 37.8 Å². The molecule has 2 fully saturated rings. The maximum Gasteiger partial charge on any atom is 0.302 e. The molecule has 150 valence electrons. The minimum atomic E-state index is -0.564. The Morgan fingerprint density at radius 2 is 2.00 bits per heavy atom. The average Bonchev–Trinajstić information content (AvgIpc) is 3.18. The third-order valence-corrected chi connectivity index (χ3v) is 4.59. The molecule has 1 aliphatic carbocycles. The van der Waals surface area contributed by atoms with Crippen molar-refractivity contribution in [1.82, 2.24) is 0 Å². The van der Waals surface area contributed by atoms with Crippen LogP contribution in [0.1, 0.15) is 18.9 Å². The first-order valence-corrected chi connectivity index (χ1v) is 8.52. The maximum atomic E-state index is 10.9. The molecule has 0 aromatic heterocycles. The minimum Gasteiger partial charge on any atom is -0.655 e. The first-order valence-electron chi connectivity index (χ1n) is 8.52. The molecular formula is C19H27NO6U-2. The van der Waals surface area contributed by atoms with Crippen molar-refractivity contribution in [3.63, 3.8) is 0 Å². The van der Waals surface area contributed by atoms with Crippen LogP contribution in [-0.4, -0.2) is 51.3 Å². The van der Waals surface area contributed by atoms with Gasteiger partial charge in [-0.15, -0.1) is 0 Å². The van der Waals surface area contributed by atoms with Gasteiger partial charge in [-0.25, -0.2) is 6.61 Å². The van der Waals surface area contributed by atoms with Crippen LogP contribution in [0.3, 0.4) is 0 Å². The Morgan fingerprint density at radius 1 is 1.30 bits per heavy atom. The van der Waals surface area contributed by atoms with Gasteiger partial charge in [0.25, 0.3) is 0 Å². The fraction of sp³-hybridized carbons (Fsp3) is 0.579. The van der Waals surface area contributed by atoms with Gasteiger partial charge >= 0.3 is 5.97 Å². The predicted octanol–water partition coefficient (Wildman–Crippen LogP) is 2.74. The van der Waals surface area contributed by atoms with Crippen LogP contribution < -0.4 is 0 Å². The molecule has 0 radical (unpaired) electrons. The van der Waals surface area contributed by atoms with Crippen LogP contribution in [0.5, 0.6) is 0 Å². The average molecular weight is 603 g/mol. The zero-order valence-corrected chi connectivity index (χ0v) is 20.1. The smallest absolute Gasteiger partial charge is 0.302 e. The molecule has 8 heteroatoms. The molecule has 1 heterocycles. The molecule has 2 aliphatic rings. The Bertz CT molecular complexity index is 560.